The highest BCUT2D eigenvalue weighted by Crippen LogP contribution is 2.30. The van der Waals surface area contributed by atoms with E-state index in [0.717, 1.165) is 12.1 Å². The molecule has 0 saturated heterocycles. The summed E-state index contributed by atoms with van der Waals surface area (Å²) in [5.41, 5.74) is -0.893. The molecule has 0 saturated carbocycles. The molecule has 0 aromatic carbocycles. The first-order chi connectivity index (χ1) is 6.99. The zero-order valence-electron chi connectivity index (χ0n) is 7.34. The summed E-state index contributed by atoms with van der Waals surface area (Å²) in [7, 11) is 0. The molecule has 0 aliphatic rings. The predicted molar refractivity (Wildman–Crippen MR) is 45.8 cm³/mol. The summed E-state index contributed by atoms with van der Waals surface area (Å²) in [4.78, 5) is 9.01. The van der Waals surface area contributed by atoms with E-state index >= 15 is 0 Å². The van der Waals surface area contributed by atoms with Gasteiger partial charge in [0.05, 0.1) is 5.56 Å². The maximum absolute atomic E-state index is 12.2. The zero-order valence-corrected chi connectivity index (χ0v) is 7.34. The average molecular weight is 211 g/mol. The van der Waals surface area contributed by atoms with Gasteiger partial charge in [-0.3, -0.25) is 0 Å². The van der Waals surface area contributed by atoms with Crippen LogP contribution in [-0.2, 0) is 12.7 Å². The molecule has 0 bridgehead atoms. The third-order valence-electron chi connectivity index (χ3n) is 1.60. The minimum Gasteiger partial charge on any atom is -0.360 e. The Kier molecular flexibility index (Phi) is 2.91. The Morgan fingerprint density at radius 3 is 2.40 bits per heavy atom. The first-order valence-corrected chi connectivity index (χ1v) is 3.77. The first kappa shape index (κ1) is 11.0. The minimum absolute atomic E-state index is 0.136. The number of nitrogens with zero attached hydrogens (tertiary/aromatic N) is 3. The molecule has 1 aromatic rings. The van der Waals surface area contributed by atoms with Crippen molar-refractivity contribution in [2.75, 3.05) is 0 Å². The van der Waals surface area contributed by atoms with E-state index in [1.807, 2.05) is 0 Å². The largest absolute Gasteiger partial charge is 0.456 e. The van der Waals surface area contributed by atoms with Gasteiger partial charge < -0.3 is 9.69 Å². The lowest BCUT2D eigenvalue weighted by Gasteiger charge is -2.03. The highest BCUT2D eigenvalue weighted by molar-refractivity contribution is 5.46. The SMILES string of the molecule is [C-]#[N+]Cc1ccc(C(F)(F)F)nc1[N+]#[C-]. The molecule has 76 valence electrons. The van der Waals surface area contributed by atoms with Crippen LogP contribution in [-0.4, -0.2) is 4.98 Å². The molecule has 0 atom stereocenters. The minimum atomic E-state index is -4.56. The maximum atomic E-state index is 12.2. The number of pyridine rings is 1. The van der Waals surface area contributed by atoms with Crippen molar-refractivity contribution in [3.8, 4) is 0 Å². The highest BCUT2D eigenvalue weighted by Gasteiger charge is 2.36. The maximum Gasteiger partial charge on any atom is 0.456 e. The van der Waals surface area contributed by atoms with Crippen molar-refractivity contribution in [1.29, 1.82) is 0 Å². The Morgan fingerprint density at radius 1 is 1.27 bits per heavy atom. The van der Waals surface area contributed by atoms with Gasteiger partial charge in [0.2, 0.25) is 12.2 Å². The summed E-state index contributed by atoms with van der Waals surface area (Å²) >= 11 is 0. The third kappa shape index (κ3) is 2.44. The molecule has 0 fully saturated rings. The van der Waals surface area contributed by atoms with Crippen LogP contribution in [0, 0.1) is 13.1 Å². The fourth-order valence-corrected chi connectivity index (χ4v) is 0.940. The van der Waals surface area contributed by atoms with Gasteiger partial charge in [0.15, 0.2) is 0 Å². The molecule has 3 nitrogen and oxygen atoms in total. The van der Waals surface area contributed by atoms with Gasteiger partial charge in [0, 0.05) is 0 Å². The van der Waals surface area contributed by atoms with Gasteiger partial charge in [-0.25, -0.2) is 6.57 Å². The number of halogens is 3. The van der Waals surface area contributed by atoms with Gasteiger partial charge in [-0.1, -0.05) is 12.6 Å². The average Bonchev–Trinajstić information content (AvgIpc) is 2.17. The molecule has 0 radical (unpaired) electrons. The van der Waals surface area contributed by atoms with Gasteiger partial charge in [0.1, 0.15) is 0 Å². The van der Waals surface area contributed by atoms with Crippen LogP contribution in [0.15, 0.2) is 12.1 Å². The van der Waals surface area contributed by atoms with Crippen molar-refractivity contribution in [2.24, 2.45) is 0 Å². The molecule has 0 N–H and O–H groups in total. The summed E-state index contributed by atoms with van der Waals surface area (Å²) in [6.07, 6.45) is -4.56. The molecule has 1 heterocycles. The summed E-state index contributed by atoms with van der Waals surface area (Å²) < 4.78 is 36.6. The molecule has 0 aliphatic heterocycles. The van der Waals surface area contributed by atoms with Crippen LogP contribution in [0.3, 0.4) is 0 Å². The predicted octanol–water partition coefficient (Wildman–Crippen LogP) is 3.07. The van der Waals surface area contributed by atoms with Crippen LogP contribution >= 0.6 is 0 Å². The Morgan fingerprint density at radius 2 is 1.93 bits per heavy atom. The molecule has 15 heavy (non-hydrogen) atoms. The number of rotatable bonds is 1. The van der Waals surface area contributed by atoms with Crippen LogP contribution < -0.4 is 0 Å². The lowest BCUT2D eigenvalue weighted by atomic mass is 10.2. The van der Waals surface area contributed by atoms with Crippen molar-refractivity contribution < 1.29 is 13.2 Å². The summed E-state index contributed by atoms with van der Waals surface area (Å²) in [5, 5.41) is 0. The molecular formula is C9H4F3N3. The van der Waals surface area contributed by atoms with Crippen LogP contribution in [0.1, 0.15) is 11.3 Å². The molecule has 0 aliphatic carbocycles. The van der Waals surface area contributed by atoms with Crippen LogP contribution in [0.4, 0.5) is 19.0 Å². The molecule has 1 rings (SSSR count). The first-order valence-electron chi connectivity index (χ1n) is 3.77. The number of hydrogen-bond acceptors (Lipinski definition) is 1. The fourth-order valence-electron chi connectivity index (χ4n) is 0.940. The quantitative estimate of drug-likeness (QED) is 0.654. The Balaban J connectivity index is 3.22. The molecular weight excluding hydrogens is 207 g/mol. The summed E-state index contributed by atoms with van der Waals surface area (Å²) in [6.45, 7) is 13.1. The Bertz CT molecular complexity index is 451. The highest BCUT2D eigenvalue weighted by atomic mass is 19.4. The second kappa shape index (κ2) is 3.97. The molecule has 6 heteroatoms. The standard InChI is InChI=1S/C9H4F3N3/c1-13-5-6-3-4-7(9(10,11)12)15-8(6)14-2/h3-4H,5H2. The van der Waals surface area contributed by atoms with Gasteiger partial charge in [-0.15, -0.1) is 4.98 Å². The van der Waals surface area contributed by atoms with E-state index in [9.17, 15) is 13.2 Å². The van der Waals surface area contributed by atoms with Crippen molar-refractivity contribution in [1.82, 2.24) is 4.98 Å². The Labute approximate surface area is 83.8 Å². The number of aromatic nitrogens is 1. The van der Waals surface area contributed by atoms with Crippen molar-refractivity contribution in [2.45, 2.75) is 12.7 Å². The van der Waals surface area contributed by atoms with E-state index in [-0.39, 0.29) is 17.9 Å². The summed E-state index contributed by atoms with van der Waals surface area (Å²) in [5.74, 6) is -0.360. The molecule has 0 amide bonds. The Hall–Kier alpha value is -2.08. The van der Waals surface area contributed by atoms with E-state index in [1.165, 1.54) is 0 Å². The molecule has 1 aromatic heterocycles. The van der Waals surface area contributed by atoms with Gasteiger partial charge >= 0.3 is 6.18 Å². The monoisotopic (exact) mass is 211 g/mol. The van der Waals surface area contributed by atoms with Crippen molar-refractivity contribution >= 4 is 5.82 Å². The van der Waals surface area contributed by atoms with E-state index < -0.39 is 11.9 Å². The topological polar surface area (TPSA) is 21.6 Å². The van der Waals surface area contributed by atoms with Gasteiger partial charge in [0.25, 0.3) is 5.82 Å². The third-order valence-corrected chi connectivity index (χ3v) is 1.60. The molecule has 0 unspecified atom stereocenters. The van der Waals surface area contributed by atoms with E-state index in [2.05, 4.69) is 14.7 Å². The second-order valence-corrected chi connectivity index (χ2v) is 2.61. The van der Waals surface area contributed by atoms with Crippen LogP contribution in [0.25, 0.3) is 9.69 Å². The van der Waals surface area contributed by atoms with Crippen LogP contribution in [0.2, 0.25) is 0 Å². The van der Waals surface area contributed by atoms with E-state index in [1.54, 1.807) is 0 Å². The smallest absolute Gasteiger partial charge is 0.360 e. The fraction of sp³-hybridized carbons (Fsp3) is 0.222. The lowest BCUT2D eigenvalue weighted by Crippen LogP contribution is -2.07. The number of hydrogen-bond donors (Lipinski definition) is 0. The van der Waals surface area contributed by atoms with Gasteiger partial charge in [-0.2, -0.15) is 13.2 Å². The lowest BCUT2D eigenvalue weighted by molar-refractivity contribution is -0.141. The van der Waals surface area contributed by atoms with E-state index in [0.29, 0.717) is 0 Å². The van der Waals surface area contributed by atoms with Crippen molar-refractivity contribution in [3.05, 3.63) is 46.2 Å². The zero-order chi connectivity index (χ0) is 11.5. The van der Waals surface area contributed by atoms with Crippen LogP contribution in [0.5, 0.6) is 0 Å². The van der Waals surface area contributed by atoms with E-state index in [4.69, 9.17) is 13.1 Å². The summed E-state index contributed by atoms with van der Waals surface area (Å²) in [6, 6.07) is 1.89. The van der Waals surface area contributed by atoms with Crippen molar-refractivity contribution in [3.63, 3.8) is 0 Å². The second-order valence-electron chi connectivity index (χ2n) is 2.61. The van der Waals surface area contributed by atoms with Gasteiger partial charge in [-0.05, 0) is 6.07 Å². The number of alkyl halides is 3. The normalized spacial score (nSPS) is 10.5. The molecule has 0 spiro atoms.